The second-order valence-electron chi connectivity index (χ2n) is 5.40. The van der Waals surface area contributed by atoms with Gasteiger partial charge in [0.25, 0.3) is 5.56 Å². The summed E-state index contributed by atoms with van der Waals surface area (Å²) in [6.07, 6.45) is 1.69. The zero-order chi connectivity index (χ0) is 14.4. The van der Waals surface area contributed by atoms with Gasteiger partial charge < -0.3 is 4.98 Å². The molecular weight excluding hydrogens is 264 g/mol. The molecule has 1 heterocycles. The van der Waals surface area contributed by atoms with Gasteiger partial charge in [0.1, 0.15) is 0 Å². The van der Waals surface area contributed by atoms with Gasteiger partial charge in [-0.15, -0.1) is 0 Å². The maximum atomic E-state index is 12.7. The van der Waals surface area contributed by atoms with Crippen molar-refractivity contribution in [2.45, 2.75) is 18.9 Å². The highest BCUT2D eigenvalue weighted by Gasteiger charge is 2.26. The minimum absolute atomic E-state index is 0.165. The zero-order valence-corrected chi connectivity index (χ0v) is 11.4. The van der Waals surface area contributed by atoms with Crippen molar-refractivity contribution in [1.29, 1.82) is 0 Å². The van der Waals surface area contributed by atoms with E-state index in [1.165, 1.54) is 10.1 Å². The number of nitrogens with zero attached hydrogens (tertiary/aromatic N) is 1. The molecule has 2 aromatic carbocycles. The predicted octanol–water partition coefficient (Wildman–Crippen LogP) is 2.23. The molecule has 1 atom stereocenters. The summed E-state index contributed by atoms with van der Waals surface area (Å²) in [7, 11) is 0. The summed E-state index contributed by atoms with van der Waals surface area (Å²) >= 11 is 0. The Morgan fingerprint density at radius 1 is 1.00 bits per heavy atom. The van der Waals surface area contributed by atoms with Gasteiger partial charge in [0.05, 0.1) is 16.9 Å². The summed E-state index contributed by atoms with van der Waals surface area (Å²) in [5.74, 6) is 0. The van der Waals surface area contributed by atoms with Crippen molar-refractivity contribution >= 4 is 10.9 Å². The second kappa shape index (κ2) is 4.45. The van der Waals surface area contributed by atoms with Crippen LogP contribution in [0.3, 0.4) is 0 Å². The number of benzene rings is 2. The molecule has 0 spiro atoms. The molecule has 1 aliphatic carbocycles. The summed E-state index contributed by atoms with van der Waals surface area (Å²) in [5.41, 5.74) is 2.36. The molecule has 1 aromatic heterocycles. The molecule has 0 radical (unpaired) electrons. The van der Waals surface area contributed by atoms with Gasteiger partial charge in [-0.25, -0.2) is 4.79 Å². The summed E-state index contributed by atoms with van der Waals surface area (Å²) in [5, 5.41) is 0.557. The second-order valence-corrected chi connectivity index (χ2v) is 5.40. The van der Waals surface area contributed by atoms with Crippen LogP contribution in [-0.4, -0.2) is 9.55 Å². The van der Waals surface area contributed by atoms with Crippen LogP contribution in [0.2, 0.25) is 0 Å². The molecule has 4 nitrogen and oxygen atoms in total. The molecule has 0 fully saturated rings. The third kappa shape index (κ3) is 1.76. The topological polar surface area (TPSA) is 54.9 Å². The monoisotopic (exact) mass is 278 g/mol. The van der Waals surface area contributed by atoms with Gasteiger partial charge in [0.2, 0.25) is 0 Å². The van der Waals surface area contributed by atoms with Crippen molar-refractivity contribution in [3.05, 3.63) is 80.5 Å². The lowest BCUT2D eigenvalue weighted by molar-refractivity contribution is 0.538. The van der Waals surface area contributed by atoms with Crippen LogP contribution in [0.25, 0.3) is 10.9 Å². The van der Waals surface area contributed by atoms with E-state index >= 15 is 0 Å². The largest absolute Gasteiger partial charge is 0.329 e. The van der Waals surface area contributed by atoms with Crippen LogP contribution >= 0.6 is 0 Å². The van der Waals surface area contributed by atoms with E-state index in [4.69, 9.17) is 0 Å². The minimum atomic E-state index is -0.333. The Balaban J connectivity index is 2.01. The molecule has 1 aliphatic rings. The van der Waals surface area contributed by atoms with E-state index in [0.717, 1.165) is 18.4 Å². The zero-order valence-electron chi connectivity index (χ0n) is 11.4. The molecule has 1 N–H and O–H groups in total. The number of nitrogens with one attached hydrogen (secondary N) is 1. The molecule has 0 amide bonds. The van der Waals surface area contributed by atoms with Crippen LogP contribution < -0.4 is 11.2 Å². The summed E-state index contributed by atoms with van der Waals surface area (Å²) in [6.45, 7) is 0. The Hall–Kier alpha value is -2.62. The van der Waals surface area contributed by atoms with Crippen LogP contribution in [0.4, 0.5) is 0 Å². The number of hydrogen-bond donors (Lipinski definition) is 1. The third-order valence-corrected chi connectivity index (χ3v) is 4.25. The summed E-state index contributed by atoms with van der Waals surface area (Å²) < 4.78 is 1.37. The van der Waals surface area contributed by atoms with Crippen molar-refractivity contribution in [3.63, 3.8) is 0 Å². The first-order valence-electron chi connectivity index (χ1n) is 7.07. The predicted molar refractivity (Wildman–Crippen MR) is 81.7 cm³/mol. The highest BCUT2D eigenvalue weighted by molar-refractivity contribution is 5.76. The summed E-state index contributed by atoms with van der Waals surface area (Å²) in [6, 6.07) is 15.0. The fraction of sp³-hybridized carbons (Fsp3) is 0.176. The SMILES string of the molecule is O=c1[nH]c2ccccc2c(=O)n1C1CCc2ccccc21. The highest BCUT2D eigenvalue weighted by atomic mass is 16.2. The van der Waals surface area contributed by atoms with Crippen molar-refractivity contribution in [1.82, 2.24) is 9.55 Å². The molecule has 104 valence electrons. The highest BCUT2D eigenvalue weighted by Crippen LogP contribution is 2.32. The lowest BCUT2D eigenvalue weighted by Gasteiger charge is -2.14. The van der Waals surface area contributed by atoms with Crippen molar-refractivity contribution < 1.29 is 0 Å². The van der Waals surface area contributed by atoms with Crippen LogP contribution in [0.5, 0.6) is 0 Å². The first-order chi connectivity index (χ1) is 10.3. The number of hydrogen-bond acceptors (Lipinski definition) is 2. The fourth-order valence-corrected chi connectivity index (χ4v) is 3.26. The van der Waals surface area contributed by atoms with Gasteiger partial charge in [-0.05, 0) is 36.1 Å². The number of aromatic nitrogens is 2. The molecule has 1 unspecified atom stereocenters. The first kappa shape index (κ1) is 12.1. The molecule has 4 rings (SSSR count). The normalized spacial score (nSPS) is 17.0. The van der Waals surface area contributed by atoms with E-state index in [2.05, 4.69) is 11.1 Å². The summed E-state index contributed by atoms with van der Waals surface area (Å²) in [4.78, 5) is 27.9. The maximum Gasteiger partial charge on any atom is 0.329 e. The van der Waals surface area contributed by atoms with E-state index in [9.17, 15) is 9.59 Å². The lowest BCUT2D eigenvalue weighted by Crippen LogP contribution is -2.37. The molecule has 4 heteroatoms. The van der Waals surface area contributed by atoms with Gasteiger partial charge in [-0.1, -0.05) is 36.4 Å². The number of rotatable bonds is 1. The van der Waals surface area contributed by atoms with E-state index in [-0.39, 0.29) is 17.3 Å². The number of aromatic amines is 1. The standard InChI is InChI=1S/C17H14N2O2/c20-16-13-7-3-4-8-14(13)18-17(21)19(16)15-10-9-11-5-1-2-6-12(11)15/h1-8,15H,9-10H2,(H,18,21). The first-order valence-corrected chi connectivity index (χ1v) is 7.07. The molecule has 21 heavy (non-hydrogen) atoms. The smallest absolute Gasteiger partial charge is 0.307 e. The van der Waals surface area contributed by atoms with E-state index in [1.54, 1.807) is 12.1 Å². The van der Waals surface area contributed by atoms with Gasteiger partial charge in [0, 0.05) is 0 Å². The Bertz CT molecular complexity index is 953. The molecule has 0 saturated heterocycles. The van der Waals surface area contributed by atoms with Gasteiger partial charge in [0.15, 0.2) is 0 Å². The van der Waals surface area contributed by atoms with Crippen molar-refractivity contribution in [2.24, 2.45) is 0 Å². The average molecular weight is 278 g/mol. The van der Waals surface area contributed by atoms with Gasteiger partial charge >= 0.3 is 5.69 Å². The average Bonchev–Trinajstić information content (AvgIpc) is 2.91. The Kier molecular flexibility index (Phi) is 2.57. The van der Waals surface area contributed by atoms with E-state index < -0.39 is 0 Å². The maximum absolute atomic E-state index is 12.7. The number of para-hydroxylation sites is 1. The fourth-order valence-electron chi connectivity index (χ4n) is 3.26. The Labute approximate surface area is 120 Å². The molecule has 3 aromatic rings. The molecular formula is C17H14N2O2. The molecule has 0 bridgehead atoms. The van der Waals surface area contributed by atoms with Gasteiger partial charge in [-0.2, -0.15) is 0 Å². The van der Waals surface area contributed by atoms with Crippen molar-refractivity contribution in [2.75, 3.05) is 0 Å². The van der Waals surface area contributed by atoms with Crippen LogP contribution in [0, 0.1) is 0 Å². The van der Waals surface area contributed by atoms with E-state index in [1.807, 2.05) is 30.3 Å². The lowest BCUT2D eigenvalue weighted by atomic mass is 10.1. The van der Waals surface area contributed by atoms with Crippen LogP contribution in [-0.2, 0) is 6.42 Å². The third-order valence-electron chi connectivity index (χ3n) is 4.25. The van der Waals surface area contributed by atoms with E-state index in [0.29, 0.717) is 10.9 Å². The molecule has 0 saturated carbocycles. The van der Waals surface area contributed by atoms with Crippen LogP contribution in [0.15, 0.2) is 58.1 Å². The minimum Gasteiger partial charge on any atom is -0.307 e. The van der Waals surface area contributed by atoms with Crippen molar-refractivity contribution in [3.8, 4) is 0 Å². The van der Waals surface area contributed by atoms with Crippen LogP contribution in [0.1, 0.15) is 23.6 Å². The number of aryl methyl sites for hydroxylation is 1. The molecule has 0 aliphatic heterocycles. The quantitative estimate of drug-likeness (QED) is 0.742. The van der Waals surface area contributed by atoms with Gasteiger partial charge in [-0.3, -0.25) is 9.36 Å². The number of H-pyrrole nitrogens is 1. The Morgan fingerprint density at radius 2 is 1.76 bits per heavy atom. The number of fused-ring (bicyclic) bond motifs is 2. The Morgan fingerprint density at radius 3 is 2.67 bits per heavy atom.